The van der Waals surface area contributed by atoms with Crippen LogP contribution in [0.4, 0.5) is 5.69 Å². The van der Waals surface area contributed by atoms with Crippen molar-refractivity contribution in [3.8, 4) is 0 Å². The number of amides is 2. The second kappa shape index (κ2) is 7.11. The summed E-state index contributed by atoms with van der Waals surface area (Å²) in [5.74, 6) is -0.0620. The highest BCUT2D eigenvalue weighted by Crippen LogP contribution is 2.26. The highest BCUT2D eigenvalue weighted by atomic mass is 35.5. The van der Waals surface area contributed by atoms with E-state index < -0.39 is 6.04 Å². The van der Waals surface area contributed by atoms with Crippen molar-refractivity contribution in [3.63, 3.8) is 0 Å². The predicted octanol–water partition coefficient (Wildman–Crippen LogP) is 1.47. The number of hydrogen-bond donors (Lipinski definition) is 2. The first kappa shape index (κ1) is 16.8. The maximum absolute atomic E-state index is 12.6. The van der Waals surface area contributed by atoms with Crippen LogP contribution in [0.1, 0.15) is 26.2 Å². The number of nitrogens with zero attached hydrogens (tertiary/aromatic N) is 1. The van der Waals surface area contributed by atoms with Crippen molar-refractivity contribution in [2.75, 3.05) is 11.4 Å². The van der Waals surface area contributed by atoms with E-state index >= 15 is 0 Å². The topological polar surface area (TPSA) is 61.4 Å². The third kappa shape index (κ3) is 3.25. The highest BCUT2D eigenvalue weighted by Gasteiger charge is 2.39. The molecular formula is C16H22ClN3O2. The lowest BCUT2D eigenvalue weighted by Crippen LogP contribution is -2.48. The molecule has 22 heavy (non-hydrogen) atoms. The van der Waals surface area contributed by atoms with E-state index in [9.17, 15) is 9.59 Å². The average molecular weight is 324 g/mol. The van der Waals surface area contributed by atoms with E-state index in [4.69, 9.17) is 0 Å². The summed E-state index contributed by atoms with van der Waals surface area (Å²) in [6.07, 6.45) is 2.53. The van der Waals surface area contributed by atoms with Crippen molar-refractivity contribution in [2.45, 2.75) is 44.3 Å². The van der Waals surface area contributed by atoms with E-state index in [0.29, 0.717) is 6.42 Å². The Morgan fingerprint density at radius 2 is 2.05 bits per heavy atom. The molecular weight excluding hydrogens is 302 g/mol. The minimum absolute atomic E-state index is 0. The summed E-state index contributed by atoms with van der Waals surface area (Å²) in [4.78, 5) is 26.5. The molecule has 2 N–H and O–H groups in total. The normalized spacial score (nSPS) is 27.6. The Kier molecular flexibility index (Phi) is 5.42. The van der Waals surface area contributed by atoms with E-state index in [0.717, 1.165) is 25.1 Å². The van der Waals surface area contributed by atoms with Gasteiger partial charge in [-0.15, -0.1) is 12.4 Å². The van der Waals surface area contributed by atoms with Crippen molar-refractivity contribution >= 4 is 29.9 Å². The van der Waals surface area contributed by atoms with Gasteiger partial charge in [-0.05, 0) is 44.9 Å². The molecule has 2 amide bonds. The molecule has 2 saturated heterocycles. The minimum atomic E-state index is -0.407. The number of halogens is 1. The van der Waals surface area contributed by atoms with Gasteiger partial charge in [-0.25, -0.2) is 0 Å². The fourth-order valence-electron chi connectivity index (χ4n) is 3.20. The van der Waals surface area contributed by atoms with Crippen LogP contribution in [0, 0.1) is 0 Å². The van der Waals surface area contributed by atoms with Crippen molar-refractivity contribution in [2.24, 2.45) is 0 Å². The molecule has 2 aliphatic rings. The number of hydrogen-bond acceptors (Lipinski definition) is 3. The zero-order valence-electron chi connectivity index (χ0n) is 12.6. The molecule has 5 nitrogen and oxygen atoms in total. The van der Waals surface area contributed by atoms with Gasteiger partial charge in [-0.2, -0.15) is 0 Å². The van der Waals surface area contributed by atoms with Crippen molar-refractivity contribution in [1.29, 1.82) is 0 Å². The maximum Gasteiger partial charge on any atom is 0.249 e. The van der Waals surface area contributed by atoms with Crippen LogP contribution in [0.15, 0.2) is 30.3 Å². The lowest BCUT2D eigenvalue weighted by molar-refractivity contribution is -0.127. The van der Waals surface area contributed by atoms with Crippen LogP contribution in [0.3, 0.4) is 0 Å². The minimum Gasteiger partial charge on any atom is -0.343 e. The van der Waals surface area contributed by atoms with Gasteiger partial charge >= 0.3 is 0 Å². The Labute approximate surface area is 136 Å². The number of nitrogens with one attached hydrogen (secondary N) is 2. The summed E-state index contributed by atoms with van der Waals surface area (Å²) in [7, 11) is 0. The lowest BCUT2D eigenvalue weighted by Gasteiger charge is -2.21. The molecule has 6 heteroatoms. The van der Waals surface area contributed by atoms with Crippen LogP contribution >= 0.6 is 12.4 Å². The average Bonchev–Trinajstić information content (AvgIpc) is 3.09. The fourth-order valence-corrected chi connectivity index (χ4v) is 3.20. The predicted molar refractivity (Wildman–Crippen MR) is 88.2 cm³/mol. The third-order valence-corrected chi connectivity index (χ3v) is 4.28. The van der Waals surface area contributed by atoms with Crippen LogP contribution in [-0.2, 0) is 9.59 Å². The maximum atomic E-state index is 12.6. The largest absolute Gasteiger partial charge is 0.343 e. The Morgan fingerprint density at radius 1 is 1.32 bits per heavy atom. The van der Waals surface area contributed by atoms with Gasteiger partial charge in [0, 0.05) is 11.7 Å². The zero-order valence-corrected chi connectivity index (χ0v) is 13.4. The molecule has 0 aromatic heterocycles. The van der Waals surface area contributed by atoms with Crippen LogP contribution in [0.5, 0.6) is 0 Å². The summed E-state index contributed by atoms with van der Waals surface area (Å²) < 4.78 is 0. The first-order chi connectivity index (χ1) is 10.2. The van der Waals surface area contributed by atoms with Gasteiger partial charge in [-0.3, -0.25) is 9.59 Å². The number of anilines is 1. The summed E-state index contributed by atoms with van der Waals surface area (Å²) >= 11 is 0. The number of carbonyl (C=O) groups excluding carboxylic acids is 2. The van der Waals surface area contributed by atoms with Crippen LogP contribution < -0.4 is 15.5 Å². The van der Waals surface area contributed by atoms with E-state index in [1.165, 1.54) is 0 Å². The number of para-hydroxylation sites is 1. The number of benzene rings is 1. The monoisotopic (exact) mass is 323 g/mol. The van der Waals surface area contributed by atoms with Gasteiger partial charge < -0.3 is 15.5 Å². The van der Waals surface area contributed by atoms with Gasteiger partial charge in [0.15, 0.2) is 0 Å². The summed E-state index contributed by atoms with van der Waals surface area (Å²) in [5.41, 5.74) is 0.894. The molecule has 2 aliphatic heterocycles. The van der Waals surface area contributed by atoms with Gasteiger partial charge in [0.25, 0.3) is 0 Å². The van der Waals surface area contributed by atoms with E-state index in [1.54, 1.807) is 4.90 Å². The zero-order chi connectivity index (χ0) is 14.8. The lowest BCUT2D eigenvalue weighted by atomic mass is 10.1. The van der Waals surface area contributed by atoms with E-state index in [1.807, 2.05) is 37.3 Å². The molecule has 0 bridgehead atoms. The van der Waals surface area contributed by atoms with Gasteiger partial charge in [0.05, 0.1) is 6.04 Å². The number of carbonyl (C=O) groups is 2. The molecule has 0 spiro atoms. The SMILES string of the molecule is CC1CC(NC(=O)C2CCCN2)C(=O)N1c1ccccc1.Cl. The van der Waals surface area contributed by atoms with Gasteiger partial charge in [0.1, 0.15) is 6.04 Å². The van der Waals surface area contributed by atoms with Crippen LogP contribution in [0.2, 0.25) is 0 Å². The van der Waals surface area contributed by atoms with Gasteiger partial charge in [-0.1, -0.05) is 18.2 Å². The molecule has 1 aromatic rings. The Balaban J connectivity index is 0.00000176. The number of rotatable bonds is 3. The summed E-state index contributed by atoms with van der Waals surface area (Å²) in [6, 6.07) is 9.18. The summed E-state index contributed by atoms with van der Waals surface area (Å²) in [6.45, 7) is 2.90. The molecule has 3 rings (SSSR count). The fraction of sp³-hybridized carbons (Fsp3) is 0.500. The molecule has 120 valence electrons. The first-order valence-corrected chi connectivity index (χ1v) is 7.58. The van der Waals surface area contributed by atoms with Gasteiger partial charge in [0.2, 0.25) is 11.8 Å². The van der Waals surface area contributed by atoms with Crippen molar-refractivity contribution in [1.82, 2.24) is 10.6 Å². The molecule has 0 aliphatic carbocycles. The van der Waals surface area contributed by atoms with E-state index in [2.05, 4.69) is 10.6 Å². The molecule has 1 aromatic carbocycles. The Morgan fingerprint density at radius 3 is 2.68 bits per heavy atom. The first-order valence-electron chi connectivity index (χ1n) is 7.58. The van der Waals surface area contributed by atoms with Crippen LogP contribution in [0.25, 0.3) is 0 Å². The molecule has 3 unspecified atom stereocenters. The Bertz CT molecular complexity index is 531. The van der Waals surface area contributed by atoms with Crippen molar-refractivity contribution < 1.29 is 9.59 Å². The van der Waals surface area contributed by atoms with E-state index in [-0.39, 0.29) is 36.3 Å². The summed E-state index contributed by atoms with van der Waals surface area (Å²) in [5, 5.41) is 6.07. The molecule has 2 heterocycles. The quantitative estimate of drug-likeness (QED) is 0.885. The third-order valence-electron chi connectivity index (χ3n) is 4.28. The Hall–Kier alpha value is -1.59. The highest BCUT2D eigenvalue weighted by molar-refractivity contribution is 6.02. The molecule has 0 radical (unpaired) electrons. The molecule has 2 fully saturated rings. The van der Waals surface area contributed by atoms with Crippen LogP contribution in [-0.4, -0.2) is 36.5 Å². The standard InChI is InChI=1S/C16H21N3O2.ClH/c1-11-10-14(18-15(20)13-8-5-9-17-13)16(21)19(11)12-6-3-2-4-7-12;/h2-4,6-7,11,13-14,17H,5,8-10H2,1H3,(H,18,20);1H. The second-order valence-corrected chi connectivity index (χ2v) is 5.84. The molecule has 3 atom stereocenters. The van der Waals surface area contributed by atoms with Crippen molar-refractivity contribution in [3.05, 3.63) is 30.3 Å². The molecule has 0 saturated carbocycles. The second-order valence-electron chi connectivity index (χ2n) is 5.84. The smallest absolute Gasteiger partial charge is 0.249 e.